The van der Waals surface area contributed by atoms with Crippen LogP contribution in [-0.4, -0.2) is 31.1 Å². The Bertz CT molecular complexity index is 576. The average Bonchev–Trinajstić information content (AvgIpc) is 3.26. The van der Waals surface area contributed by atoms with E-state index < -0.39 is 0 Å². The van der Waals surface area contributed by atoms with Crippen molar-refractivity contribution in [2.75, 3.05) is 26.2 Å². The summed E-state index contributed by atoms with van der Waals surface area (Å²) in [6, 6.07) is 11.1. The van der Waals surface area contributed by atoms with Crippen molar-refractivity contribution in [3.8, 4) is 0 Å². The summed E-state index contributed by atoms with van der Waals surface area (Å²) >= 11 is 0. The predicted octanol–water partition coefficient (Wildman–Crippen LogP) is 3.95. The second-order valence-electron chi connectivity index (χ2n) is 6.39. The highest BCUT2D eigenvalue weighted by Gasteiger charge is 2.25. The zero-order valence-corrected chi connectivity index (χ0v) is 13.7. The first-order chi connectivity index (χ1) is 11.2. The number of rotatable bonds is 7. The van der Waals surface area contributed by atoms with Gasteiger partial charge >= 0.3 is 0 Å². The number of likely N-dealkylation sites (tertiary alicyclic amines) is 1. The molecule has 23 heavy (non-hydrogen) atoms. The van der Waals surface area contributed by atoms with E-state index >= 15 is 0 Å². The quantitative estimate of drug-likeness (QED) is 0.838. The zero-order chi connectivity index (χ0) is 16.1. The highest BCUT2D eigenvalue weighted by Crippen LogP contribution is 2.25. The molecule has 1 aliphatic heterocycles. The average molecular weight is 316 g/mol. The van der Waals surface area contributed by atoms with E-state index in [0.717, 1.165) is 37.5 Å². The Morgan fingerprint density at radius 1 is 1.13 bits per heavy atom. The Balaban J connectivity index is 1.55. The van der Waals surface area contributed by atoms with Crippen LogP contribution in [0.2, 0.25) is 0 Å². The van der Waals surface area contributed by atoms with Gasteiger partial charge in [0.05, 0.1) is 12.3 Å². The lowest BCUT2D eigenvalue weighted by Crippen LogP contribution is -2.35. The lowest BCUT2D eigenvalue weighted by molar-refractivity contribution is 0.209. The van der Waals surface area contributed by atoms with Gasteiger partial charge in [-0.3, -0.25) is 4.90 Å². The summed E-state index contributed by atoms with van der Waals surface area (Å²) < 4.78 is 18.6. The van der Waals surface area contributed by atoms with Gasteiger partial charge in [-0.1, -0.05) is 19.1 Å². The van der Waals surface area contributed by atoms with E-state index in [0.29, 0.717) is 12.0 Å². The molecule has 3 rings (SSSR count). The number of hydrogen-bond acceptors (Lipinski definition) is 3. The molecule has 1 aliphatic rings. The fraction of sp³-hybridized carbons (Fsp3) is 0.474. The highest BCUT2D eigenvalue weighted by molar-refractivity contribution is 5.20. The van der Waals surface area contributed by atoms with Crippen molar-refractivity contribution < 1.29 is 8.81 Å². The fourth-order valence-corrected chi connectivity index (χ4v) is 3.29. The van der Waals surface area contributed by atoms with Crippen molar-refractivity contribution in [1.29, 1.82) is 0 Å². The Hall–Kier alpha value is -1.65. The van der Waals surface area contributed by atoms with Crippen LogP contribution in [0.15, 0.2) is 47.1 Å². The van der Waals surface area contributed by atoms with Crippen LogP contribution in [0, 0.1) is 5.82 Å². The van der Waals surface area contributed by atoms with Gasteiger partial charge in [-0.2, -0.15) is 0 Å². The Kier molecular flexibility index (Phi) is 5.47. The molecule has 2 heterocycles. The van der Waals surface area contributed by atoms with Gasteiger partial charge in [0.25, 0.3) is 0 Å². The summed E-state index contributed by atoms with van der Waals surface area (Å²) in [6.45, 7) is 6.19. The molecule has 1 aromatic heterocycles. The molecule has 2 aromatic rings. The number of nitrogens with zero attached hydrogens (tertiary/aromatic N) is 1. The predicted molar refractivity (Wildman–Crippen MR) is 89.9 cm³/mol. The van der Waals surface area contributed by atoms with Gasteiger partial charge < -0.3 is 9.73 Å². The second-order valence-corrected chi connectivity index (χ2v) is 6.39. The van der Waals surface area contributed by atoms with Crippen molar-refractivity contribution in [3.05, 3.63) is 59.8 Å². The molecule has 2 atom stereocenters. The summed E-state index contributed by atoms with van der Waals surface area (Å²) in [4.78, 5) is 2.49. The third-order valence-electron chi connectivity index (χ3n) is 4.68. The van der Waals surface area contributed by atoms with Crippen LogP contribution in [0.1, 0.15) is 43.0 Å². The van der Waals surface area contributed by atoms with Crippen molar-refractivity contribution in [1.82, 2.24) is 10.2 Å². The lowest BCUT2D eigenvalue weighted by atomic mass is 10.0. The van der Waals surface area contributed by atoms with Gasteiger partial charge in [0, 0.05) is 13.1 Å². The monoisotopic (exact) mass is 316 g/mol. The molecular formula is C19H25FN2O. The van der Waals surface area contributed by atoms with Crippen LogP contribution >= 0.6 is 0 Å². The number of halogens is 1. The highest BCUT2D eigenvalue weighted by atomic mass is 19.1. The molecule has 0 amide bonds. The minimum atomic E-state index is -0.180. The fourth-order valence-electron chi connectivity index (χ4n) is 3.29. The van der Waals surface area contributed by atoms with Gasteiger partial charge in [0.15, 0.2) is 0 Å². The SMILES string of the molecule is C[C@H](CNC[C@H](c1ccco1)N1CCCC1)c1ccc(F)cc1. The van der Waals surface area contributed by atoms with Gasteiger partial charge in [0.2, 0.25) is 0 Å². The first-order valence-corrected chi connectivity index (χ1v) is 8.47. The summed E-state index contributed by atoms with van der Waals surface area (Å²) in [7, 11) is 0. The summed E-state index contributed by atoms with van der Waals surface area (Å²) in [5, 5.41) is 3.57. The molecule has 124 valence electrons. The third-order valence-corrected chi connectivity index (χ3v) is 4.68. The molecule has 4 heteroatoms. The maximum Gasteiger partial charge on any atom is 0.123 e. The number of hydrogen-bond donors (Lipinski definition) is 1. The van der Waals surface area contributed by atoms with E-state index in [2.05, 4.69) is 23.2 Å². The minimum absolute atomic E-state index is 0.180. The second kappa shape index (κ2) is 7.75. The van der Waals surface area contributed by atoms with Crippen molar-refractivity contribution in [3.63, 3.8) is 0 Å². The number of furan rings is 1. The molecule has 1 saturated heterocycles. The van der Waals surface area contributed by atoms with Gasteiger partial charge in [-0.15, -0.1) is 0 Å². The molecule has 0 unspecified atom stereocenters. The van der Waals surface area contributed by atoms with Crippen LogP contribution < -0.4 is 5.32 Å². The Morgan fingerprint density at radius 2 is 1.87 bits per heavy atom. The summed E-state index contributed by atoms with van der Waals surface area (Å²) in [5.74, 6) is 1.21. The van der Waals surface area contributed by atoms with E-state index in [4.69, 9.17) is 4.42 Å². The van der Waals surface area contributed by atoms with E-state index in [1.807, 2.05) is 18.2 Å². The van der Waals surface area contributed by atoms with Gasteiger partial charge in [0.1, 0.15) is 11.6 Å². The number of benzene rings is 1. The van der Waals surface area contributed by atoms with Crippen molar-refractivity contribution >= 4 is 0 Å². The number of nitrogens with one attached hydrogen (secondary N) is 1. The largest absolute Gasteiger partial charge is 0.468 e. The third kappa shape index (κ3) is 4.21. The van der Waals surface area contributed by atoms with Crippen molar-refractivity contribution in [2.45, 2.75) is 31.7 Å². The van der Waals surface area contributed by atoms with Crippen LogP contribution in [0.5, 0.6) is 0 Å². The molecule has 0 radical (unpaired) electrons. The summed E-state index contributed by atoms with van der Waals surface area (Å²) in [5.41, 5.74) is 1.16. The van der Waals surface area contributed by atoms with Crippen LogP contribution in [0.25, 0.3) is 0 Å². The normalized spacial score (nSPS) is 18.2. The van der Waals surface area contributed by atoms with Crippen LogP contribution in [0.3, 0.4) is 0 Å². The van der Waals surface area contributed by atoms with Crippen molar-refractivity contribution in [2.24, 2.45) is 0 Å². The van der Waals surface area contributed by atoms with E-state index in [1.54, 1.807) is 6.26 Å². The van der Waals surface area contributed by atoms with Crippen LogP contribution in [-0.2, 0) is 0 Å². The molecule has 0 bridgehead atoms. The smallest absolute Gasteiger partial charge is 0.123 e. The first-order valence-electron chi connectivity index (χ1n) is 8.47. The van der Waals surface area contributed by atoms with Crippen LogP contribution in [0.4, 0.5) is 4.39 Å². The van der Waals surface area contributed by atoms with E-state index in [1.165, 1.54) is 25.0 Å². The van der Waals surface area contributed by atoms with E-state index in [-0.39, 0.29) is 5.82 Å². The van der Waals surface area contributed by atoms with Gasteiger partial charge in [-0.25, -0.2) is 4.39 Å². The molecular weight excluding hydrogens is 291 g/mol. The molecule has 0 saturated carbocycles. The maximum absolute atomic E-state index is 13.0. The topological polar surface area (TPSA) is 28.4 Å². The molecule has 1 N–H and O–H groups in total. The lowest BCUT2D eigenvalue weighted by Gasteiger charge is -2.26. The standard InChI is InChI=1S/C19H25FN2O/c1-15(16-6-8-17(20)9-7-16)13-21-14-18(19-5-4-12-23-19)22-10-2-3-11-22/h4-9,12,15,18,21H,2-3,10-11,13-14H2,1H3/t15-,18-/m1/s1. The summed E-state index contributed by atoms with van der Waals surface area (Å²) in [6.07, 6.45) is 4.28. The minimum Gasteiger partial charge on any atom is -0.468 e. The van der Waals surface area contributed by atoms with E-state index in [9.17, 15) is 4.39 Å². The molecule has 1 aromatic carbocycles. The first kappa shape index (κ1) is 16.2. The molecule has 3 nitrogen and oxygen atoms in total. The van der Waals surface area contributed by atoms with Gasteiger partial charge in [-0.05, 0) is 61.7 Å². The zero-order valence-electron chi connectivity index (χ0n) is 13.7. The molecule has 0 spiro atoms. The Morgan fingerprint density at radius 3 is 2.52 bits per heavy atom. The maximum atomic E-state index is 13.0. The molecule has 1 fully saturated rings. The Labute approximate surface area is 137 Å². The molecule has 0 aliphatic carbocycles.